The molecule has 0 radical (unpaired) electrons. The number of carbonyl (C=O) groups is 1. The molecule has 2 aromatic rings. The predicted molar refractivity (Wildman–Crippen MR) is 118 cm³/mol. The molecule has 1 N–H and O–H groups in total. The summed E-state index contributed by atoms with van der Waals surface area (Å²) in [5.74, 6) is 1.58. The van der Waals surface area contributed by atoms with Crippen molar-refractivity contribution in [3.63, 3.8) is 0 Å². The fourth-order valence-electron chi connectivity index (χ4n) is 2.57. The van der Waals surface area contributed by atoms with Crippen LogP contribution in [0.2, 0.25) is 0 Å². The minimum atomic E-state index is -3.53. The van der Waals surface area contributed by atoms with Crippen LogP contribution < -0.4 is 9.62 Å². The highest BCUT2D eigenvalue weighted by Crippen LogP contribution is 2.18. The van der Waals surface area contributed by atoms with Crippen molar-refractivity contribution in [3.8, 4) is 0 Å². The van der Waals surface area contributed by atoms with E-state index in [2.05, 4.69) is 36.5 Å². The Morgan fingerprint density at radius 3 is 2.14 bits per heavy atom. The summed E-state index contributed by atoms with van der Waals surface area (Å²) < 4.78 is 25.3. The molecule has 0 aromatic heterocycles. The molecule has 0 atom stereocenters. The van der Waals surface area contributed by atoms with E-state index in [1.54, 1.807) is 12.1 Å². The Hall–Kier alpha value is -1.99. The zero-order valence-electron chi connectivity index (χ0n) is 16.6. The topological polar surface area (TPSA) is 66.5 Å². The number of anilines is 1. The van der Waals surface area contributed by atoms with E-state index in [-0.39, 0.29) is 12.5 Å². The van der Waals surface area contributed by atoms with E-state index in [0.29, 0.717) is 12.2 Å². The maximum Gasteiger partial charge on any atom is 0.240 e. The van der Waals surface area contributed by atoms with Crippen molar-refractivity contribution in [1.82, 2.24) is 5.32 Å². The van der Waals surface area contributed by atoms with Gasteiger partial charge in [0, 0.05) is 12.3 Å². The highest BCUT2D eigenvalue weighted by Gasteiger charge is 2.20. The van der Waals surface area contributed by atoms with E-state index in [4.69, 9.17) is 0 Å². The second-order valence-electron chi connectivity index (χ2n) is 6.85. The molecule has 0 aliphatic rings. The van der Waals surface area contributed by atoms with Gasteiger partial charge in [-0.3, -0.25) is 9.10 Å². The second-order valence-corrected chi connectivity index (χ2v) is 9.86. The molecule has 0 fully saturated rings. The Morgan fingerprint density at radius 2 is 1.57 bits per heavy atom. The summed E-state index contributed by atoms with van der Waals surface area (Å²) in [6.07, 6.45) is 1.95. The number of carbonyl (C=O) groups excluding carboxylic acids is 1. The SMILES string of the molecule is Cc1ccc(CSCCCNC(=O)CN(c2ccc(C)cc2)S(C)(=O)=O)cc1. The minimum Gasteiger partial charge on any atom is -0.354 e. The molecule has 5 nitrogen and oxygen atoms in total. The molecule has 28 heavy (non-hydrogen) atoms. The summed E-state index contributed by atoms with van der Waals surface area (Å²) in [7, 11) is -3.53. The fourth-order valence-corrected chi connectivity index (χ4v) is 4.35. The van der Waals surface area contributed by atoms with E-state index in [0.717, 1.165) is 34.1 Å². The highest BCUT2D eigenvalue weighted by molar-refractivity contribution is 7.98. The number of hydrogen-bond donors (Lipinski definition) is 1. The van der Waals surface area contributed by atoms with Gasteiger partial charge >= 0.3 is 0 Å². The van der Waals surface area contributed by atoms with E-state index in [1.165, 1.54) is 11.1 Å². The first-order valence-electron chi connectivity index (χ1n) is 9.20. The minimum absolute atomic E-state index is 0.210. The van der Waals surface area contributed by atoms with Crippen LogP contribution in [0.25, 0.3) is 0 Å². The molecule has 1 amide bonds. The summed E-state index contributed by atoms with van der Waals surface area (Å²) in [6, 6.07) is 15.6. The van der Waals surface area contributed by atoms with Crippen LogP contribution in [0.3, 0.4) is 0 Å². The Labute approximate surface area is 172 Å². The molecule has 152 valence electrons. The van der Waals surface area contributed by atoms with Gasteiger partial charge in [0.2, 0.25) is 15.9 Å². The summed E-state index contributed by atoms with van der Waals surface area (Å²) in [5.41, 5.74) is 4.08. The lowest BCUT2D eigenvalue weighted by atomic mass is 10.2. The van der Waals surface area contributed by atoms with Gasteiger partial charge in [-0.1, -0.05) is 47.5 Å². The first-order valence-corrected chi connectivity index (χ1v) is 12.2. The van der Waals surface area contributed by atoms with Crippen LogP contribution >= 0.6 is 11.8 Å². The summed E-state index contributed by atoms with van der Waals surface area (Å²) in [6.45, 7) is 4.32. The molecule has 7 heteroatoms. The lowest BCUT2D eigenvalue weighted by Gasteiger charge is -2.22. The van der Waals surface area contributed by atoms with Crippen molar-refractivity contribution in [2.45, 2.75) is 26.0 Å². The van der Waals surface area contributed by atoms with Crippen molar-refractivity contribution in [2.75, 3.05) is 29.4 Å². The van der Waals surface area contributed by atoms with E-state index >= 15 is 0 Å². The van der Waals surface area contributed by atoms with Gasteiger partial charge in [0.25, 0.3) is 0 Å². The summed E-state index contributed by atoms with van der Waals surface area (Å²) in [5, 5.41) is 2.81. The molecule has 0 aliphatic heterocycles. The van der Waals surface area contributed by atoms with Crippen LogP contribution in [-0.2, 0) is 20.6 Å². The van der Waals surface area contributed by atoms with Crippen molar-refractivity contribution < 1.29 is 13.2 Å². The van der Waals surface area contributed by atoms with Crippen LogP contribution in [0.1, 0.15) is 23.1 Å². The number of aryl methyl sites for hydroxylation is 2. The number of hydrogen-bond acceptors (Lipinski definition) is 4. The van der Waals surface area contributed by atoms with Crippen LogP contribution in [0.15, 0.2) is 48.5 Å². The zero-order valence-corrected chi connectivity index (χ0v) is 18.3. The number of benzene rings is 2. The molecule has 0 saturated carbocycles. The Bertz CT molecular complexity index is 864. The monoisotopic (exact) mass is 420 g/mol. The number of thioether (sulfide) groups is 1. The largest absolute Gasteiger partial charge is 0.354 e. The van der Waals surface area contributed by atoms with Crippen LogP contribution in [-0.4, -0.2) is 39.4 Å². The van der Waals surface area contributed by atoms with Crippen LogP contribution in [0.5, 0.6) is 0 Å². The maximum atomic E-state index is 12.2. The number of nitrogens with zero attached hydrogens (tertiary/aromatic N) is 1. The third-order valence-corrected chi connectivity index (χ3v) is 6.44. The normalized spacial score (nSPS) is 11.2. The molecular weight excluding hydrogens is 392 g/mol. The zero-order chi connectivity index (χ0) is 20.6. The van der Waals surface area contributed by atoms with Gasteiger partial charge < -0.3 is 5.32 Å². The average Bonchev–Trinajstić information content (AvgIpc) is 2.64. The number of amides is 1. The molecule has 0 heterocycles. The molecule has 0 bridgehead atoms. The van der Waals surface area contributed by atoms with Gasteiger partial charge in [0.1, 0.15) is 6.54 Å². The maximum absolute atomic E-state index is 12.2. The van der Waals surface area contributed by atoms with Gasteiger partial charge in [-0.15, -0.1) is 0 Å². The lowest BCUT2D eigenvalue weighted by Crippen LogP contribution is -2.40. The molecule has 0 saturated heterocycles. The Balaban J connectivity index is 1.74. The van der Waals surface area contributed by atoms with Crippen LogP contribution in [0, 0.1) is 13.8 Å². The Kier molecular flexibility index (Phi) is 8.38. The highest BCUT2D eigenvalue weighted by atomic mass is 32.2. The van der Waals surface area contributed by atoms with E-state index in [9.17, 15) is 13.2 Å². The predicted octanol–water partition coefficient (Wildman–Crippen LogP) is 3.51. The van der Waals surface area contributed by atoms with Crippen molar-refractivity contribution >= 4 is 33.4 Å². The number of nitrogens with one attached hydrogen (secondary N) is 1. The average molecular weight is 421 g/mol. The van der Waals surface area contributed by atoms with Gasteiger partial charge in [-0.2, -0.15) is 11.8 Å². The van der Waals surface area contributed by atoms with Crippen molar-refractivity contribution in [1.29, 1.82) is 0 Å². The van der Waals surface area contributed by atoms with E-state index in [1.807, 2.05) is 30.8 Å². The molecule has 0 unspecified atom stereocenters. The Morgan fingerprint density at radius 1 is 1.00 bits per heavy atom. The number of sulfonamides is 1. The van der Waals surface area contributed by atoms with E-state index < -0.39 is 10.0 Å². The summed E-state index contributed by atoms with van der Waals surface area (Å²) in [4.78, 5) is 12.2. The third kappa shape index (κ3) is 7.56. The lowest BCUT2D eigenvalue weighted by molar-refractivity contribution is -0.119. The molecular formula is C21H28N2O3S2. The first-order chi connectivity index (χ1) is 13.3. The molecule has 0 spiro atoms. The van der Waals surface area contributed by atoms with Crippen molar-refractivity contribution in [2.24, 2.45) is 0 Å². The molecule has 0 aliphatic carbocycles. The number of rotatable bonds is 10. The van der Waals surface area contributed by atoms with Gasteiger partial charge in [0.05, 0.1) is 11.9 Å². The second kappa shape index (κ2) is 10.5. The standard InChI is InChI=1S/C21H28N2O3S2/c1-17-5-9-19(10-6-17)16-27-14-4-13-22-21(24)15-23(28(3,25)26)20-11-7-18(2)8-12-20/h5-12H,4,13-16H2,1-3H3,(H,22,24). The van der Waals surface area contributed by atoms with Crippen molar-refractivity contribution in [3.05, 3.63) is 65.2 Å². The first kappa shape index (κ1) is 22.3. The van der Waals surface area contributed by atoms with Crippen LogP contribution in [0.4, 0.5) is 5.69 Å². The van der Waals surface area contributed by atoms with Gasteiger partial charge in [-0.05, 0) is 43.7 Å². The smallest absolute Gasteiger partial charge is 0.240 e. The molecule has 2 aromatic carbocycles. The van der Waals surface area contributed by atoms with Gasteiger partial charge in [-0.25, -0.2) is 8.42 Å². The molecule has 2 rings (SSSR count). The van der Waals surface area contributed by atoms with Gasteiger partial charge in [0.15, 0.2) is 0 Å². The summed E-state index contributed by atoms with van der Waals surface area (Å²) >= 11 is 1.82. The fraction of sp³-hybridized carbons (Fsp3) is 0.381. The third-order valence-electron chi connectivity index (χ3n) is 4.19. The quantitative estimate of drug-likeness (QED) is 0.598.